The fourth-order valence-electron chi connectivity index (χ4n) is 5.02. The molecule has 0 heterocycles. The van der Waals surface area contributed by atoms with E-state index in [1.165, 1.54) is 17.0 Å². The molecule has 0 bridgehead atoms. The lowest BCUT2D eigenvalue weighted by atomic mass is 10.1. The van der Waals surface area contributed by atoms with Gasteiger partial charge in [-0.1, -0.05) is 71.9 Å². The van der Waals surface area contributed by atoms with Crippen LogP contribution < -0.4 is 9.62 Å². The first-order valence-electron chi connectivity index (χ1n) is 13.7. The summed E-state index contributed by atoms with van der Waals surface area (Å²) in [6.07, 6.45) is 3.90. The van der Waals surface area contributed by atoms with E-state index in [2.05, 4.69) is 5.32 Å². The van der Waals surface area contributed by atoms with E-state index in [1.54, 1.807) is 62.4 Å². The molecule has 218 valence electrons. The van der Waals surface area contributed by atoms with Gasteiger partial charge in [0.2, 0.25) is 11.8 Å². The fraction of sp³-hybridized carbons (Fsp3) is 0.355. The third kappa shape index (κ3) is 7.42. The first-order chi connectivity index (χ1) is 19.5. The van der Waals surface area contributed by atoms with E-state index in [1.807, 2.05) is 13.0 Å². The summed E-state index contributed by atoms with van der Waals surface area (Å²) in [6, 6.07) is 17.6. The van der Waals surface area contributed by atoms with Gasteiger partial charge in [0.15, 0.2) is 0 Å². The van der Waals surface area contributed by atoms with Crippen LogP contribution in [0.15, 0.2) is 71.6 Å². The number of anilines is 1. The summed E-state index contributed by atoms with van der Waals surface area (Å²) in [7, 11) is -4.18. The molecule has 3 aromatic rings. The molecule has 0 spiro atoms. The van der Waals surface area contributed by atoms with Crippen LogP contribution in [0.3, 0.4) is 0 Å². The van der Waals surface area contributed by atoms with Crippen molar-refractivity contribution in [2.45, 2.75) is 70.0 Å². The summed E-state index contributed by atoms with van der Waals surface area (Å²) < 4.78 is 29.1. The number of hydrogen-bond donors (Lipinski definition) is 1. The van der Waals surface area contributed by atoms with Gasteiger partial charge in [0, 0.05) is 22.6 Å². The van der Waals surface area contributed by atoms with Crippen molar-refractivity contribution < 1.29 is 18.0 Å². The van der Waals surface area contributed by atoms with Crippen molar-refractivity contribution in [3.63, 3.8) is 0 Å². The van der Waals surface area contributed by atoms with Crippen molar-refractivity contribution in [1.82, 2.24) is 10.2 Å². The molecule has 4 rings (SSSR count). The Morgan fingerprint density at radius 1 is 0.976 bits per heavy atom. The molecule has 0 radical (unpaired) electrons. The predicted molar refractivity (Wildman–Crippen MR) is 164 cm³/mol. The van der Waals surface area contributed by atoms with Crippen molar-refractivity contribution in [3.05, 3.63) is 93.5 Å². The van der Waals surface area contributed by atoms with Crippen molar-refractivity contribution in [3.8, 4) is 0 Å². The van der Waals surface area contributed by atoms with Gasteiger partial charge in [0.05, 0.1) is 10.6 Å². The summed E-state index contributed by atoms with van der Waals surface area (Å²) in [4.78, 5) is 28.9. The van der Waals surface area contributed by atoms with Gasteiger partial charge in [0.25, 0.3) is 10.0 Å². The number of carbonyl (C=O) groups is 2. The van der Waals surface area contributed by atoms with Gasteiger partial charge in [0.1, 0.15) is 12.6 Å². The summed E-state index contributed by atoms with van der Waals surface area (Å²) in [5.74, 6) is -0.812. The Labute approximate surface area is 252 Å². The molecule has 0 aliphatic heterocycles. The molecule has 1 N–H and O–H groups in total. The van der Waals surface area contributed by atoms with Gasteiger partial charge < -0.3 is 10.2 Å². The Morgan fingerprint density at radius 3 is 2.29 bits per heavy atom. The van der Waals surface area contributed by atoms with Gasteiger partial charge in [-0.05, 0) is 81.1 Å². The second-order valence-electron chi connectivity index (χ2n) is 10.5. The van der Waals surface area contributed by atoms with Crippen molar-refractivity contribution >= 4 is 50.7 Å². The van der Waals surface area contributed by atoms with Crippen LogP contribution in [-0.4, -0.2) is 43.8 Å². The maximum absolute atomic E-state index is 14.1. The average Bonchev–Trinajstić information content (AvgIpc) is 3.45. The fourth-order valence-corrected chi connectivity index (χ4v) is 6.88. The molecule has 0 saturated heterocycles. The van der Waals surface area contributed by atoms with E-state index < -0.39 is 28.5 Å². The van der Waals surface area contributed by atoms with Crippen LogP contribution in [0, 0.1) is 13.8 Å². The van der Waals surface area contributed by atoms with E-state index in [0.29, 0.717) is 15.6 Å². The van der Waals surface area contributed by atoms with Crippen LogP contribution >= 0.6 is 23.2 Å². The third-order valence-corrected chi connectivity index (χ3v) is 9.92. The quantitative estimate of drug-likeness (QED) is 0.291. The summed E-state index contributed by atoms with van der Waals surface area (Å²) in [5.41, 5.74) is 2.43. The van der Waals surface area contributed by atoms with Gasteiger partial charge in [-0.25, -0.2) is 8.42 Å². The number of nitrogens with one attached hydrogen (secondary N) is 1. The Bertz CT molecular complexity index is 1510. The molecule has 7 nitrogen and oxygen atoms in total. The van der Waals surface area contributed by atoms with Crippen molar-refractivity contribution in [2.75, 3.05) is 10.8 Å². The van der Waals surface area contributed by atoms with Crippen molar-refractivity contribution in [1.29, 1.82) is 0 Å². The topological polar surface area (TPSA) is 86.8 Å². The van der Waals surface area contributed by atoms with E-state index in [-0.39, 0.29) is 29.1 Å². The molecule has 1 saturated carbocycles. The Hall–Kier alpha value is -3.07. The highest BCUT2D eigenvalue weighted by molar-refractivity contribution is 7.92. The van der Waals surface area contributed by atoms with Gasteiger partial charge in [-0.3, -0.25) is 13.9 Å². The predicted octanol–water partition coefficient (Wildman–Crippen LogP) is 6.28. The molecular weight excluding hydrogens is 581 g/mol. The van der Waals surface area contributed by atoms with E-state index >= 15 is 0 Å². The number of aryl methyl sites for hydroxylation is 1. The van der Waals surface area contributed by atoms with Gasteiger partial charge >= 0.3 is 0 Å². The maximum Gasteiger partial charge on any atom is 0.264 e. The number of rotatable bonds is 10. The van der Waals surface area contributed by atoms with Gasteiger partial charge in [-0.15, -0.1) is 0 Å². The second-order valence-corrected chi connectivity index (χ2v) is 13.2. The molecule has 2 amide bonds. The number of hydrogen-bond acceptors (Lipinski definition) is 4. The lowest BCUT2D eigenvalue weighted by Crippen LogP contribution is -2.52. The monoisotopic (exact) mass is 615 g/mol. The molecule has 1 aliphatic rings. The molecule has 41 heavy (non-hydrogen) atoms. The molecular formula is C31H35Cl2N3O4S. The minimum absolute atomic E-state index is 0.0451. The first-order valence-corrected chi connectivity index (χ1v) is 15.9. The normalized spacial score (nSPS) is 14.5. The maximum atomic E-state index is 14.1. The van der Waals surface area contributed by atoms with E-state index in [9.17, 15) is 18.0 Å². The van der Waals surface area contributed by atoms with Crippen LogP contribution in [0.1, 0.15) is 49.3 Å². The highest BCUT2D eigenvalue weighted by Crippen LogP contribution is 2.31. The summed E-state index contributed by atoms with van der Waals surface area (Å²) in [6.45, 7) is 4.78. The SMILES string of the molecule is Cc1ccc(S(=O)(=O)N(CC(=O)N(Cc2cccc(Cl)c2)[C@H](C)C(=O)NC2CCCC2)c2cccc(Cl)c2C)cc1. The average molecular weight is 617 g/mol. The largest absolute Gasteiger partial charge is 0.352 e. The van der Waals surface area contributed by atoms with Crippen molar-refractivity contribution in [2.24, 2.45) is 0 Å². The zero-order valence-electron chi connectivity index (χ0n) is 23.4. The minimum Gasteiger partial charge on any atom is -0.352 e. The van der Waals surface area contributed by atoms with Crippen LogP contribution in [-0.2, 0) is 26.2 Å². The number of benzene rings is 3. The number of sulfonamides is 1. The lowest BCUT2D eigenvalue weighted by Gasteiger charge is -2.33. The second kappa shape index (κ2) is 13.3. The highest BCUT2D eigenvalue weighted by Gasteiger charge is 2.34. The van der Waals surface area contributed by atoms with E-state index in [0.717, 1.165) is 41.1 Å². The third-order valence-electron chi connectivity index (χ3n) is 7.51. The number of amides is 2. The number of nitrogens with zero attached hydrogens (tertiary/aromatic N) is 2. The number of halogens is 2. The zero-order chi connectivity index (χ0) is 29.7. The zero-order valence-corrected chi connectivity index (χ0v) is 25.8. The van der Waals surface area contributed by atoms with Crippen LogP contribution in [0.2, 0.25) is 10.0 Å². The summed E-state index contributed by atoms with van der Waals surface area (Å²) >= 11 is 12.6. The Kier molecular flexibility index (Phi) is 10.00. The molecule has 1 atom stereocenters. The Balaban J connectivity index is 1.72. The standard InChI is InChI=1S/C31H35Cl2N3O4S/c1-21-14-16-27(17-15-21)41(39,40)36(29-13-7-12-28(33)22(29)2)20-30(37)35(19-24-8-6-9-25(32)18-24)23(3)31(38)34-26-10-4-5-11-26/h6-9,12-18,23,26H,4-5,10-11,19-20H2,1-3H3,(H,34,38)/t23-/m1/s1. The summed E-state index contributed by atoms with van der Waals surface area (Å²) in [5, 5.41) is 3.94. The minimum atomic E-state index is -4.18. The van der Waals surface area contributed by atoms with E-state index in [4.69, 9.17) is 23.2 Å². The van der Waals surface area contributed by atoms with Crippen LogP contribution in [0.5, 0.6) is 0 Å². The van der Waals surface area contributed by atoms with Crippen LogP contribution in [0.4, 0.5) is 5.69 Å². The smallest absolute Gasteiger partial charge is 0.264 e. The molecule has 0 aromatic heterocycles. The number of carbonyl (C=O) groups excluding carboxylic acids is 2. The van der Waals surface area contributed by atoms with Gasteiger partial charge in [-0.2, -0.15) is 0 Å². The molecule has 3 aromatic carbocycles. The Morgan fingerprint density at radius 2 is 1.63 bits per heavy atom. The highest BCUT2D eigenvalue weighted by atomic mass is 35.5. The molecule has 0 unspecified atom stereocenters. The molecule has 10 heteroatoms. The molecule has 1 fully saturated rings. The molecule has 1 aliphatic carbocycles. The lowest BCUT2D eigenvalue weighted by molar-refractivity contribution is -0.139. The van der Waals surface area contributed by atoms with Crippen LogP contribution in [0.25, 0.3) is 0 Å². The first kappa shape index (κ1) is 30.9.